The van der Waals surface area contributed by atoms with Gasteiger partial charge in [0.05, 0.1) is 4.90 Å². The number of nitrogens with zero attached hydrogens (tertiary/aromatic N) is 1. The third-order valence-electron chi connectivity index (χ3n) is 3.25. The fourth-order valence-corrected chi connectivity index (χ4v) is 3.52. The number of H-pyrrole nitrogens is 1. The second-order valence-electron chi connectivity index (χ2n) is 4.47. The molecular weight excluding hydrogens is 270 g/mol. The Morgan fingerprint density at radius 3 is 2.42 bits per heavy atom. The Morgan fingerprint density at radius 2 is 1.95 bits per heavy atom. The second kappa shape index (κ2) is 5.14. The van der Waals surface area contributed by atoms with Crippen LogP contribution in [-0.4, -0.2) is 36.7 Å². The van der Waals surface area contributed by atoms with Crippen molar-refractivity contribution in [3.63, 3.8) is 0 Å². The molecule has 0 bridgehead atoms. The average Bonchev–Trinajstić information content (AvgIpc) is 2.39. The number of amides is 1. The molecule has 1 aliphatic rings. The van der Waals surface area contributed by atoms with E-state index in [1.165, 1.54) is 22.6 Å². The van der Waals surface area contributed by atoms with Gasteiger partial charge in [-0.25, -0.2) is 8.42 Å². The predicted octanol–water partition coefficient (Wildman–Crippen LogP) is -0.739. The lowest BCUT2D eigenvalue weighted by Crippen LogP contribution is -2.41. The Bertz CT molecular complexity index is 609. The number of carbonyl (C=O) groups excluding carboxylic acids is 1. The summed E-state index contributed by atoms with van der Waals surface area (Å²) in [4.78, 5) is 24.3. The molecule has 1 fully saturated rings. The van der Waals surface area contributed by atoms with Gasteiger partial charge in [0.2, 0.25) is 21.5 Å². The normalized spacial score (nSPS) is 18.3. The van der Waals surface area contributed by atoms with Crippen LogP contribution >= 0.6 is 0 Å². The van der Waals surface area contributed by atoms with Gasteiger partial charge in [0.1, 0.15) is 0 Å². The number of hydrogen-bond acceptors (Lipinski definition) is 4. The van der Waals surface area contributed by atoms with Gasteiger partial charge in [0, 0.05) is 31.3 Å². The molecule has 2 rings (SSSR count). The lowest BCUT2D eigenvalue weighted by Gasteiger charge is -2.29. The molecular formula is C11H15N3O4S. The van der Waals surface area contributed by atoms with Crippen molar-refractivity contribution in [1.29, 1.82) is 0 Å². The monoisotopic (exact) mass is 285 g/mol. The van der Waals surface area contributed by atoms with Gasteiger partial charge >= 0.3 is 0 Å². The van der Waals surface area contributed by atoms with Gasteiger partial charge < -0.3 is 10.7 Å². The lowest BCUT2D eigenvalue weighted by molar-refractivity contribution is -0.122. The number of primary amides is 1. The topological polar surface area (TPSA) is 113 Å². The maximum absolute atomic E-state index is 12.3. The molecule has 1 aromatic heterocycles. The minimum Gasteiger partial charge on any atom is -0.369 e. The first-order valence-corrected chi connectivity index (χ1v) is 7.33. The van der Waals surface area contributed by atoms with Crippen LogP contribution in [0.3, 0.4) is 0 Å². The molecule has 0 atom stereocenters. The zero-order valence-corrected chi connectivity index (χ0v) is 11.0. The quantitative estimate of drug-likeness (QED) is 0.761. The van der Waals surface area contributed by atoms with E-state index in [2.05, 4.69) is 4.98 Å². The zero-order chi connectivity index (χ0) is 14.0. The van der Waals surface area contributed by atoms with Gasteiger partial charge in [-0.05, 0) is 18.9 Å². The third kappa shape index (κ3) is 2.85. The summed E-state index contributed by atoms with van der Waals surface area (Å²) < 4.78 is 25.8. The lowest BCUT2D eigenvalue weighted by atomic mass is 9.98. The predicted molar refractivity (Wildman–Crippen MR) is 67.7 cm³/mol. The van der Waals surface area contributed by atoms with Gasteiger partial charge in [0.15, 0.2) is 0 Å². The molecule has 0 aromatic carbocycles. The van der Waals surface area contributed by atoms with E-state index in [9.17, 15) is 18.0 Å². The summed E-state index contributed by atoms with van der Waals surface area (Å²) in [5.74, 6) is -0.650. The summed E-state index contributed by atoms with van der Waals surface area (Å²) in [5, 5.41) is 0. The van der Waals surface area contributed by atoms with Crippen molar-refractivity contribution in [3.05, 3.63) is 28.7 Å². The minimum absolute atomic E-state index is 0.0459. The molecule has 8 heteroatoms. The van der Waals surface area contributed by atoms with Crippen LogP contribution in [0.5, 0.6) is 0 Å². The Balaban J connectivity index is 2.16. The van der Waals surface area contributed by atoms with Crippen LogP contribution in [-0.2, 0) is 14.8 Å². The van der Waals surface area contributed by atoms with Gasteiger partial charge in [-0.1, -0.05) is 0 Å². The first-order chi connectivity index (χ1) is 8.91. The fourth-order valence-electron chi connectivity index (χ4n) is 2.09. The first kappa shape index (κ1) is 13.8. The third-order valence-corrected chi connectivity index (χ3v) is 5.14. The summed E-state index contributed by atoms with van der Waals surface area (Å²) in [6, 6.07) is 2.44. The van der Waals surface area contributed by atoms with E-state index in [1.54, 1.807) is 0 Å². The number of piperidine rings is 1. The van der Waals surface area contributed by atoms with Crippen molar-refractivity contribution < 1.29 is 13.2 Å². The van der Waals surface area contributed by atoms with E-state index in [4.69, 9.17) is 5.73 Å². The molecule has 104 valence electrons. The molecule has 1 amide bonds. The molecule has 0 spiro atoms. The number of nitrogens with two attached hydrogens (primary N) is 1. The van der Waals surface area contributed by atoms with Crippen molar-refractivity contribution in [2.45, 2.75) is 17.7 Å². The number of carbonyl (C=O) groups is 1. The van der Waals surface area contributed by atoms with E-state index < -0.39 is 10.0 Å². The zero-order valence-electron chi connectivity index (χ0n) is 10.2. The molecule has 0 aliphatic carbocycles. The highest BCUT2D eigenvalue weighted by atomic mass is 32.2. The van der Waals surface area contributed by atoms with Crippen LogP contribution in [0.15, 0.2) is 28.0 Å². The molecule has 0 saturated carbocycles. The Hall–Kier alpha value is -1.67. The molecule has 0 radical (unpaired) electrons. The largest absolute Gasteiger partial charge is 0.369 e. The smallest absolute Gasteiger partial charge is 0.247 e. The van der Waals surface area contributed by atoms with Gasteiger partial charge in [0.25, 0.3) is 0 Å². The van der Waals surface area contributed by atoms with Gasteiger partial charge in [-0.3, -0.25) is 9.59 Å². The molecule has 19 heavy (non-hydrogen) atoms. The summed E-state index contributed by atoms with van der Waals surface area (Å²) in [6.45, 7) is 0.518. The van der Waals surface area contributed by atoms with Crippen LogP contribution < -0.4 is 11.3 Å². The maximum atomic E-state index is 12.3. The molecule has 1 aromatic rings. The van der Waals surface area contributed by atoms with E-state index in [0.29, 0.717) is 12.8 Å². The maximum Gasteiger partial charge on any atom is 0.247 e. The number of rotatable bonds is 3. The van der Waals surface area contributed by atoms with Crippen LogP contribution in [0.25, 0.3) is 0 Å². The summed E-state index contributed by atoms with van der Waals surface area (Å²) in [6.07, 6.45) is 2.04. The Morgan fingerprint density at radius 1 is 1.32 bits per heavy atom. The molecule has 0 unspecified atom stereocenters. The molecule has 1 aliphatic heterocycles. The SMILES string of the molecule is NC(=O)C1CCN(S(=O)(=O)c2ccc(=O)[nH]c2)CC1. The number of aromatic amines is 1. The summed E-state index contributed by atoms with van der Waals surface area (Å²) in [7, 11) is -3.62. The summed E-state index contributed by atoms with van der Waals surface area (Å²) >= 11 is 0. The van der Waals surface area contributed by atoms with Crippen LogP contribution in [0, 0.1) is 5.92 Å². The van der Waals surface area contributed by atoms with Crippen LogP contribution in [0.4, 0.5) is 0 Å². The number of aromatic nitrogens is 1. The van der Waals surface area contributed by atoms with E-state index in [0.717, 1.165) is 0 Å². The number of pyridine rings is 1. The molecule has 2 heterocycles. The van der Waals surface area contributed by atoms with Crippen molar-refractivity contribution in [2.24, 2.45) is 11.7 Å². The summed E-state index contributed by atoms with van der Waals surface area (Å²) in [5.41, 5.74) is 4.85. The number of sulfonamides is 1. The fraction of sp³-hybridized carbons (Fsp3) is 0.455. The number of hydrogen-bond donors (Lipinski definition) is 2. The van der Waals surface area contributed by atoms with E-state index in [-0.39, 0.29) is 35.4 Å². The van der Waals surface area contributed by atoms with Gasteiger partial charge in [-0.2, -0.15) is 4.31 Å². The number of nitrogens with one attached hydrogen (secondary N) is 1. The Labute approximate surface area is 110 Å². The van der Waals surface area contributed by atoms with Crippen molar-refractivity contribution in [1.82, 2.24) is 9.29 Å². The van der Waals surface area contributed by atoms with Crippen LogP contribution in [0.1, 0.15) is 12.8 Å². The van der Waals surface area contributed by atoms with Crippen molar-refractivity contribution in [3.8, 4) is 0 Å². The molecule has 3 N–H and O–H groups in total. The minimum atomic E-state index is -3.62. The van der Waals surface area contributed by atoms with Gasteiger partial charge in [-0.15, -0.1) is 0 Å². The highest BCUT2D eigenvalue weighted by molar-refractivity contribution is 7.89. The van der Waals surface area contributed by atoms with Crippen molar-refractivity contribution in [2.75, 3.05) is 13.1 Å². The first-order valence-electron chi connectivity index (χ1n) is 5.89. The standard InChI is InChI=1S/C11H15N3O4S/c12-11(16)8-3-5-14(6-4-8)19(17,18)9-1-2-10(15)13-7-9/h1-2,7-8H,3-6H2,(H2,12,16)(H,13,15). The molecule has 1 saturated heterocycles. The highest BCUT2D eigenvalue weighted by Gasteiger charge is 2.31. The van der Waals surface area contributed by atoms with E-state index >= 15 is 0 Å². The van der Waals surface area contributed by atoms with E-state index in [1.807, 2.05) is 0 Å². The van der Waals surface area contributed by atoms with Crippen LogP contribution in [0.2, 0.25) is 0 Å². The highest BCUT2D eigenvalue weighted by Crippen LogP contribution is 2.22. The Kier molecular flexibility index (Phi) is 3.72. The molecule has 7 nitrogen and oxygen atoms in total. The van der Waals surface area contributed by atoms with Crippen molar-refractivity contribution >= 4 is 15.9 Å². The average molecular weight is 285 g/mol. The second-order valence-corrected chi connectivity index (χ2v) is 6.41.